The summed E-state index contributed by atoms with van der Waals surface area (Å²) in [5, 5.41) is 11.5. The van der Waals surface area contributed by atoms with Gasteiger partial charge in [-0.1, -0.05) is 35.9 Å². The van der Waals surface area contributed by atoms with Gasteiger partial charge in [-0.2, -0.15) is 0 Å². The average Bonchev–Trinajstić information content (AvgIpc) is 3.44. The highest BCUT2D eigenvalue weighted by molar-refractivity contribution is 6.30. The van der Waals surface area contributed by atoms with E-state index in [4.69, 9.17) is 26.1 Å². The van der Waals surface area contributed by atoms with Crippen molar-refractivity contribution in [3.8, 4) is 11.5 Å². The predicted molar refractivity (Wildman–Crippen MR) is 135 cm³/mol. The standard InChI is InChI=1S/C27H26ClN3O4/c1-34-24-8-4-5-9-25(24)35-17-21(32)16-31-23-7-3-2-6-22(23)29-27(31)18-14-26(33)30(15-18)20-12-10-19(28)11-13-20/h2-13,18,21,32H,14-17H2,1H3/t18-,21+/m0/s1. The molecule has 35 heavy (non-hydrogen) atoms. The molecule has 1 fully saturated rings. The van der Waals surface area contributed by atoms with Crippen LogP contribution in [0.4, 0.5) is 5.69 Å². The van der Waals surface area contributed by atoms with E-state index in [1.165, 1.54) is 0 Å². The number of nitrogens with zero attached hydrogens (tertiary/aromatic N) is 3. The number of imidazole rings is 1. The second-order valence-corrected chi connectivity index (χ2v) is 9.00. The Kier molecular flexibility index (Phi) is 6.61. The lowest BCUT2D eigenvalue weighted by atomic mass is 10.1. The Morgan fingerprint density at radius 3 is 2.54 bits per heavy atom. The molecule has 0 aliphatic carbocycles. The zero-order chi connectivity index (χ0) is 24.4. The van der Waals surface area contributed by atoms with E-state index >= 15 is 0 Å². The van der Waals surface area contributed by atoms with Crippen LogP contribution < -0.4 is 14.4 Å². The smallest absolute Gasteiger partial charge is 0.227 e. The minimum Gasteiger partial charge on any atom is -0.493 e. The first-order chi connectivity index (χ1) is 17.0. The number of anilines is 1. The minimum atomic E-state index is -0.791. The molecule has 1 aliphatic heterocycles. The number of aliphatic hydroxyl groups is 1. The van der Waals surface area contributed by atoms with E-state index in [1.54, 1.807) is 30.2 Å². The molecule has 1 saturated heterocycles. The van der Waals surface area contributed by atoms with Crippen LogP contribution in [0.25, 0.3) is 11.0 Å². The molecule has 1 N–H and O–H groups in total. The lowest BCUT2D eigenvalue weighted by Crippen LogP contribution is -2.26. The van der Waals surface area contributed by atoms with Gasteiger partial charge in [0.1, 0.15) is 18.5 Å². The highest BCUT2D eigenvalue weighted by atomic mass is 35.5. The van der Waals surface area contributed by atoms with Gasteiger partial charge in [0.25, 0.3) is 0 Å². The van der Waals surface area contributed by atoms with Crippen LogP contribution in [0.2, 0.25) is 5.02 Å². The van der Waals surface area contributed by atoms with Crippen molar-refractivity contribution >= 4 is 34.2 Å². The molecule has 0 radical (unpaired) electrons. The van der Waals surface area contributed by atoms with Gasteiger partial charge in [-0.25, -0.2) is 4.98 Å². The number of hydrogen-bond donors (Lipinski definition) is 1. The third-order valence-corrected chi connectivity index (χ3v) is 6.46. The fourth-order valence-electron chi connectivity index (χ4n) is 4.54. The third-order valence-electron chi connectivity index (χ3n) is 6.21. The molecular formula is C27H26ClN3O4. The Bertz CT molecular complexity index is 1340. The first-order valence-electron chi connectivity index (χ1n) is 11.5. The van der Waals surface area contributed by atoms with Crippen molar-refractivity contribution in [3.05, 3.63) is 83.6 Å². The molecule has 1 aromatic heterocycles. The lowest BCUT2D eigenvalue weighted by molar-refractivity contribution is -0.117. The first kappa shape index (κ1) is 23.2. The molecule has 1 aliphatic rings. The fraction of sp³-hybridized carbons (Fsp3) is 0.259. The molecule has 4 aromatic rings. The van der Waals surface area contributed by atoms with Crippen LogP contribution in [-0.4, -0.2) is 46.9 Å². The molecular weight excluding hydrogens is 466 g/mol. The van der Waals surface area contributed by atoms with Crippen molar-refractivity contribution < 1.29 is 19.4 Å². The van der Waals surface area contributed by atoms with E-state index in [-0.39, 0.29) is 25.0 Å². The number of amides is 1. The van der Waals surface area contributed by atoms with Crippen molar-refractivity contribution in [1.29, 1.82) is 0 Å². The highest BCUT2D eigenvalue weighted by Crippen LogP contribution is 2.34. The van der Waals surface area contributed by atoms with Gasteiger partial charge >= 0.3 is 0 Å². The van der Waals surface area contributed by atoms with Gasteiger partial charge in [0, 0.05) is 29.6 Å². The Balaban J connectivity index is 1.37. The van der Waals surface area contributed by atoms with Gasteiger partial charge in [0.2, 0.25) is 5.91 Å². The number of aliphatic hydroxyl groups excluding tert-OH is 1. The molecule has 0 unspecified atom stereocenters. The maximum absolute atomic E-state index is 12.9. The van der Waals surface area contributed by atoms with E-state index in [1.807, 2.05) is 59.2 Å². The fourth-order valence-corrected chi connectivity index (χ4v) is 4.66. The Morgan fingerprint density at radius 1 is 1.06 bits per heavy atom. The van der Waals surface area contributed by atoms with Crippen molar-refractivity contribution in [2.24, 2.45) is 0 Å². The van der Waals surface area contributed by atoms with Crippen molar-refractivity contribution in [1.82, 2.24) is 9.55 Å². The molecule has 8 heteroatoms. The van der Waals surface area contributed by atoms with Gasteiger partial charge in [0.15, 0.2) is 11.5 Å². The zero-order valence-corrected chi connectivity index (χ0v) is 20.1. The van der Waals surface area contributed by atoms with Gasteiger partial charge in [-0.05, 0) is 48.5 Å². The molecule has 0 spiro atoms. The molecule has 0 saturated carbocycles. The summed E-state index contributed by atoms with van der Waals surface area (Å²) < 4.78 is 13.2. The number of ether oxygens (including phenoxy) is 2. The summed E-state index contributed by atoms with van der Waals surface area (Å²) in [5.74, 6) is 1.90. The summed E-state index contributed by atoms with van der Waals surface area (Å²) >= 11 is 6.02. The quantitative estimate of drug-likeness (QED) is 0.388. The van der Waals surface area contributed by atoms with Crippen LogP contribution in [0.1, 0.15) is 18.2 Å². The number of hydrogen-bond acceptors (Lipinski definition) is 5. The number of methoxy groups -OCH3 is 1. The predicted octanol–water partition coefficient (Wildman–Crippen LogP) is 4.66. The second kappa shape index (κ2) is 9.98. The van der Waals surface area contributed by atoms with E-state index in [2.05, 4.69) is 0 Å². The molecule has 2 heterocycles. The number of fused-ring (bicyclic) bond motifs is 1. The number of para-hydroxylation sites is 4. The Hall–Kier alpha value is -3.55. The van der Waals surface area contributed by atoms with Crippen LogP contribution in [0.5, 0.6) is 11.5 Å². The van der Waals surface area contributed by atoms with Crippen LogP contribution in [0, 0.1) is 0 Å². The summed E-state index contributed by atoms with van der Waals surface area (Å²) in [4.78, 5) is 19.5. The third kappa shape index (κ3) is 4.83. The second-order valence-electron chi connectivity index (χ2n) is 8.57. The summed E-state index contributed by atoms with van der Waals surface area (Å²) in [7, 11) is 1.58. The summed E-state index contributed by atoms with van der Waals surface area (Å²) in [6, 6.07) is 22.4. The zero-order valence-electron chi connectivity index (χ0n) is 19.3. The van der Waals surface area contributed by atoms with Crippen molar-refractivity contribution in [2.45, 2.75) is 25.0 Å². The number of rotatable bonds is 8. The molecule has 7 nitrogen and oxygen atoms in total. The number of aromatic nitrogens is 2. The topological polar surface area (TPSA) is 76.8 Å². The van der Waals surface area contributed by atoms with E-state index in [9.17, 15) is 9.90 Å². The molecule has 1 amide bonds. The van der Waals surface area contributed by atoms with Gasteiger partial charge in [-0.15, -0.1) is 0 Å². The number of benzene rings is 3. The Morgan fingerprint density at radius 2 is 1.77 bits per heavy atom. The first-order valence-corrected chi connectivity index (χ1v) is 11.9. The summed E-state index contributed by atoms with van der Waals surface area (Å²) in [5.41, 5.74) is 2.56. The van der Waals surface area contributed by atoms with Gasteiger partial charge in [0.05, 0.1) is 24.7 Å². The van der Waals surface area contributed by atoms with Crippen molar-refractivity contribution in [2.75, 3.05) is 25.2 Å². The maximum atomic E-state index is 12.9. The summed E-state index contributed by atoms with van der Waals surface area (Å²) in [6.45, 7) is 0.890. The van der Waals surface area contributed by atoms with Crippen LogP contribution in [0.3, 0.4) is 0 Å². The highest BCUT2D eigenvalue weighted by Gasteiger charge is 2.35. The molecule has 0 bridgehead atoms. The normalized spacial score (nSPS) is 16.6. The molecule has 2 atom stereocenters. The molecule has 3 aromatic carbocycles. The summed E-state index contributed by atoms with van der Waals surface area (Å²) in [6.07, 6.45) is -0.444. The van der Waals surface area contributed by atoms with E-state index in [0.29, 0.717) is 29.5 Å². The number of carbonyl (C=O) groups is 1. The van der Waals surface area contributed by atoms with Crippen LogP contribution in [-0.2, 0) is 11.3 Å². The number of carbonyl (C=O) groups excluding carboxylic acids is 1. The van der Waals surface area contributed by atoms with Crippen LogP contribution in [0.15, 0.2) is 72.8 Å². The van der Waals surface area contributed by atoms with Gasteiger partial charge < -0.3 is 24.0 Å². The van der Waals surface area contributed by atoms with E-state index in [0.717, 1.165) is 22.5 Å². The monoisotopic (exact) mass is 491 g/mol. The lowest BCUT2D eigenvalue weighted by Gasteiger charge is -2.19. The van der Waals surface area contributed by atoms with E-state index < -0.39 is 6.10 Å². The SMILES string of the molecule is COc1ccccc1OC[C@H](O)Cn1c([C@H]2CC(=O)N(c3ccc(Cl)cc3)C2)nc2ccccc21. The Labute approximate surface area is 208 Å². The molecule has 5 rings (SSSR count). The van der Waals surface area contributed by atoms with Crippen LogP contribution >= 0.6 is 11.6 Å². The largest absolute Gasteiger partial charge is 0.493 e. The average molecular weight is 492 g/mol. The maximum Gasteiger partial charge on any atom is 0.227 e. The van der Waals surface area contributed by atoms with Crippen molar-refractivity contribution in [3.63, 3.8) is 0 Å². The number of halogens is 1. The minimum absolute atomic E-state index is 0.0379. The molecule has 180 valence electrons. The van der Waals surface area contributed by atoms with Gasteiger partial charge in [-0.3, -0.25) is 4.79 Å².